The van der Waals surface area contributed by atoms with Crippen LogP contribution in [0.25, 0.3) is 0 Å². The van der Waals surface area contributed by atoms with Crippen molar-refractivity contribution in [3.05, 3.63) is 69.7 Å². The molecule has 0 aliphatic carbocycles. The maximum Gasteiger partial charge on any atom is 0.0245 e. The number of hydrogen-bond donors (Lipinski definition) is 0. The van der Waals surface area contributed by atoms with Gasteiger partial charge in [0.05, 0.1) is 0 Å². The van der Waals surface area contributed by atoms with Crippen molar-refractivity contribution >= 4 is 15.9 Å². The van der Waals surface area contributed by atoms with E-state index < -0.39 is 0 Å². The van der Waals surface area contributed by atoms with Crippen molar-refractivity contribution in [2.24, 2.45) is 0 Å². The molecule has 2 aromatic carbocycles. The molecule has 18 heavy (non-hydrogen) atoms. The number of benzene rings is 2. The van der Waals surface area contributed by atoms with Gasteiger partial charge < -0.3 is 4.90 Å². The van der Waals surface area contributed by atoms with Crippen LogP contribution in [0.2, 0.25) is 0 Å². The molecular formula is C16H16BrN. The summed E-state index contributed by atoms with van der Waals surface area (Å²) in [4.78, 5) is 2.39. The van der Waals surface area contributed by atoms with Gasteiger partial charge in [0, 0.05) is 23.5 Å². The first-order chi connectivity index (χ1) is 8.75. The number of likely N-dealkylation sites (N-methyl/N-ethyl adjacent to an activating group) is 1. The Morgan fingerprint density at radius 3 is 2.61 bits per heavy atom. The van der Waals surface area contributed by atoms with E-state index >= 15 is 0 Å². The van der Waals surface area contributed by atoms with Gasteiger partial charge in [0.2, 0.25) is 0 Å². The first-order valence-corrected chi connectivity index (χ1v) is 7.06. The Morgan fingerprint density at radius 1 is 1.06 bits per heavy atom. The Kier molecular flexibility index (Phi) is 3.23. The summed E-state index contributed by atoms with van der Waals surface area (Å²) in [6, 6.07) is 17.3. The lowest BCUT2D eigenvalue weighted by molar-refractivity contribution is 0.294. The highest BCUT2D eigenvalue weighted by molar-refractivity contribution is 9.10. The minimum absolute atomic E-state index is 0.484. The zero-order chi connectivity index (χ0) is 12.5. The lowest BCUT2D eigenvalue weighted by atomic mass is 9.85. The molecule has 0 aromatic heterocycles. The fourth-order valence-electron chi connectivity index (χ4n) is 2.78. The van der Waals surface area contributed by atoms with Crippen LogP contribution in [0.3, 0.4) is 0 Å². The SMILES string of the molecule is CN1Cc2c(Br)cccc2C(c2ccccc2)C1. The molecular weight excluding hydrogens is 286 g/mol. The van der Waals surface area contributed by atoms with E-state index in [9.17, 15) is 0 Å². The summed E-state index contributed by atoms with van der Waals surface area (Å²) in [5.74, 6) is 0.484. The van der Waals surface area contributed by atoms with Gasteiger partial charge in [-0.05, 0) is 29.8 Å². The first-order valence-electron chi connectivity index (χ1n) is 6.26. The Hall–Kier alpha value is -1.12. The van der Waals surface area contributed by atoms with Crippen LogP contribution in [0.5, 0.6) is 0 Å². The molecule has 92 valence electrons. The fourth-order valence-corrected chi connectivity index (χ4v) is 3.29. The predicted octanol–water partition coefficient (Wildman–Crippen LogP) is 4.03. The third kappa shape index (κ3) is 2.11. The number of rotatable bonds is 1. The lowest BCUT2D eigenvalue weighted by Gasteiger charge is -2.33. The molecule has 0 radical (unpaired) electrons. The van der Waals surface area contributed by atoms with Crippen molar-refractivity contribution in [1.82, 2.24) is 4.90 Å². The summed E-state index contributed by atoms with van der Waals surface area (Å²) < 4.78 is 1.23. The third-order valence-electron chi connectivity index (χ3n) is 3.65. The predicted molar refractivity (Wildman–Crippen MR) is 78.8 cm³/mol. The molecule has 0 amide bonds. The average Bonchev–Trinajstić information content (AvgIpc) is 2.40. The largest absolute Gasteiger partial charge is 0.301 e. The molecule has 0 saturated carbocycles. The van der Waals surface area contributed by atoms with E-state index in [0.29, 0.717) is 5.92 Å². The van der Waals surface area contributed by atoms with E-state index in [1.54, 1.807) is 0 Å². The number of halogens is 1. The Morgan fingerprint density at radius 2 is 1.83 bits per heavy atom. The Balaban J connectivity index is 2.11. The van der Waals surface area contributed by atoms with E-state index in [4.69, 9.17) is 0 Å². The second-order valence-corrected chi connectivity index (χ2v) is 5.82. The second kappa shape index (κ2) is 4.87. The third-order valence-corrected chi connectivity index (χ3v) is 4.40. The van der Waals surface area contributed by atoms with E-state index in [-0.39, 0.29) is 0 Å². The minimum Gasteiger partial charge on any atom is -0.301 e. The molecule has 0 spiro atoms. The first kappa shape index (κ1) is 11.9. The molecule has 3 rings (SSSR count). The zero-order valence-corrected chi connectivity index (χ0v) is 12.0. The van der Waals surface area contributed by atoms with Crippen molar-refractivity contribution in [2.75, 3.05) is 13.6 Å². The van der Waals surface area contributed by atoms with E-state index in [1.165, 1.54) is 21.2 Å². The van der Waals surface area contributed by atoms with Gasteiger partial charge in [-0.25, -0.2) is 0 Å². The van der Waals surface area contributed by atoms with Gasteiger partial charge in [0.15, 0.2) is 0 Å². The van der Waals surface area contributed by atoms with Gasteiger partial charge in [-0.2, -0.15) is 0 Å². The van der Waals surface area contributed by atoms with Crippen molar-refractivity contribution in [3.63, 3.8) is 0 Å². The molecule has 2 aromatic rings. The molecule has 1 aliphatic rings. The van der Waals surface area contributed by atoms with Crippen molar-refractivity contribution in [2.45, 2.75) is 12.5 Å². The Labute approximate surface area is 117 Å². The second-order valence-electron chi connectivity index (χ2n) is 4.97. The smallest absolute Gasteiger partial charge is 0.0245 e. The van der Waals surface area contributed by atoms with Gasteiger partial charge in [0.25, 0.3) is 0 Å². The minimum atomic E-state index is 0.484. The molecule has 0 N–H and O–H groups in total. The van der Waals surface area contributed by atoms with Crippen LogP contribution in [0.15, 0.2) is 53.0 Å². The van der Waals surface area contributed by atoms with Crippen LogP contribution < -0.4 is 0 Å². The number of nitrogens with zero attached hydrogens (tertiary/aromatic N) is 1. The van der Waals surface area contributed by atoms with Gasteiger partial charge in [-0.3, -0.25) is 0 Å². The fraction of sp³-hybridized carbons (Fsp3) is 0.250. The molecule has 0 bridgehead atoms. The molecule has 1 atom stereocenters. The van der Waals surface area contributed by atoms with Gasteiger partial charge >= 0.3 is 0 Å². The van der Waals surface area contributed by atoms with E-state index in [0.717, 1.165) is 13.1 Å². The van der Waals surface area contributed by atoms with Crippen molar-refractivity contribution in [3.8, 4) is 0 Å². The van der Waals surface area contributed by atoms with Crippen LogP contribution >= 0.6 is 15.9 Å². The summed E-state index contributed by atoms with van der Waals surface area (Å²) in [6.45, 7) is 2.12. The number of hydrogen-bond acceptors (Lipinski definition) is 1. The quantitative estimate of drug-likeness (QED) is 0.769. The van der Waals surface area contributed by atoms with Gasteiger partial charge in [0.1, 0.15) is 0 Å². The van der Waals surface area contributed by atoms with Crippen LogP contribution in [-0.4, -0.2) is 18.5 Å². The Bertz CT molecular complexity index is 550. The zero-order valence-electron chi connectivity index (χ0n) is 10.4. The van der Waals surface area contributed by atoms with Gasteiger partial charge in [-0.1, -0.05) is 58.4 Å². The van der Waals surface area contributed by atoms with Crippen molar-refractivity contribution < 1.29 is 0 Å². The van der Waals surface area contributed by atoms with Crippen molar-refractivity contribution in [1.29, 1.82) is 0 Å². The summed E-state index contributed by atoms with van der Waals surface area (Å²) in [5, 5.41) is 0. The van der Waals surface area contributed by atoms with Crippen LogP contribution in [0.1, 0.15) is 22.6 Å². The molecule has 1 nitrogen and oxygen atoms in total. The van der Waals surface area contributed by atoms with Gasteiger partial charge in [-0.15, -0.1) is 0 Å². The maximum absolute atomic E-state index is 3.68. The number of fused-ring (bicyclic) bond motifs is 1. The van der Waals surface area contributed by atoms with Crippen LogP contribution in [-0.2, 0) is 6.54 Å². The molecule has 0 fully saturated rings. The molecule has 1 aliphatic heterocycles. The topological polar surface area (TPSA) is 3.24 Å². The highest BCUT2D eigenvalue weighted by atomic mass is 79.9. The molecule has 2 heteroatoms. The maximum atomic E-state index is 3.68. The lowest BCUT2D eigenvalue weighted by Crippen LogP contribution is -2.31. The molecule has 1 heterocycles. The van der Waals surface area contributed by atoms with Crippen LogP contribution in [0.4, 0.5) is 0 Å². The average molecular weight is 302 g/mol. The highest BCUT2D eigenvalue weighted by Gasteiger charge is 2.25. The normalized spacial score (nSPS) is 19.6. The van der Waals surface area contributed by atoms with E-state index in [1.807, 2.05) is 0 Å². The summed E-state index contributed by atoms with van der Waals surface area (Å²) >= 11 is 3.68. The summed E-state index contributed by atoms with van der Waals surface area (Å²) in [7, 11) is 2.19. The van der Waals surface area contributed by atoms with E-state index in [2.05, 4.69) is 76.4 Å². The monoisotopic (exact) mass is 301 g/mol. The summed E-state index contributed by atoms with van der Waals surface area (Å²) in [6.07, 6.45) is 0. The molecule has 1 unspecified atom stereocenters. The van der Waals surface area contributed by atoms with Crippen LogP contribution in [0, 0.1) is 0 Å². The molecule has 0 saturated heterocycles. The standard InChI is InChI=1S/C16H16BrN/c1-18-10-14(12-6-3-2-4-7-12)13-8-5-9-16(17)15(13)11-18/h2-9,14H,10-11H2,1H3. The highest BCUT2D eigenvalue weighted by Crippen LogP contribution is 2.36. The summed E-state index contributed by atoms with van der Waals surface area (Å²) in [5.41, 5.74) is 4.30.